The van der Waals surface area contributed by atoms with Gasteiger partial charge >= 0.3 is 0 Å². The number of amides is 1. The van der Waals surface area contributed by atoms with Gasteiger partial charge in [-0.3, -0.25) is 23.9 Å². The van der Waals surface area contributed by atoms with E-state index in [2.05, 4.69) is 21.3 Å². The third-order valence-corrected chi connectivity index (χ3v) is 7.72. The average molecular weight is 486 g/mol. The van der Waals surface area contributed by atoms with Crippen molar-refractivity contribution in [3.63, 3.8) is 0 Å². The number of piperidine rings is 1. The average Bonchev–Trinajstić information content (AvgIpc) is 2.92. The van der Waals surface area contributed by atoms with Crippen molar-refractivity contribution in [3.8, 4) is 6.07 Å². The minimum Gasteiger partial charge on any atom is -0.391 e. The van der Waals surface area contributed by atoms with E-state index in [1.165, 1.54) is 4.40 Å². The van der Waals surface area contributed by atoms with Gasteiger partial charge in [-0.2, -0.15) is 5.26 Å². The fourth-order valence-corrected chi connectivity index (χ4v) is 5.54. The number of fused-ring (bicyclic) bond motifs is 1. The van der Waals surface area contributed by atoms with Gasteiger partial charge in [0.15, 0.2) is 0 Å². The Labute approximate surface area is 210 Å². The minimum atomic E-state index is -0.598. The third kappa shape index (κ3) is 4.64. The van der Waals surface area contributed by atoms with E-state index in [4.69, 9.17) is 0 Å². The van der Waals surface area contributed by atoms with Crippen LogP contribution >= 0.6 is 0 Å². The van der Waals surface area contributed by atoms with Gasteiger partial charge in [0.1, 0.15) is 11.0 Å². The zero-order chi connectivity index (χ0) is 25.1. The summed E-state index contributed by atoms with van der Waals surface area (Å²) in [6.45, 7) is 1.97. The summed E-state index contributed by atoms with van der Waals surface area (Å²) in [4.78, 5) is 33.1. The van der Waals surface area contributed by atoms with Gasteiger partial charge in [-0.15, -0.1) is 0 Å². The third-order valence-electron chi connectivity index (χ3n) is 7.72. The molecule has 2 atom stereocenters. The molecule has 2 aliphatic rings. The summed E-state index contributed by atoms with van der Waals surface area (Å²) in [7, 11) is 0. The second kappa shape index (κ2) is 10.2. The number of carbonyl (C=O) groups excluding carboxylic acids is 1. The van der Waals surface area contributed by atoms with E-state index in [0.29, 0.717) is 45.3 Å². The monoisotopic (exact) mass is 485 g/mol. The van der Waals surface area contributed by atoms with Gasteiger partial charge in [0, 0.05) is 32.0 Å². The van der Waals surface area contributed by atoms with Crippen LogP contribution in [0.4, 0.5) is 0 Å². The predicted molar refractivity (Wildman–Crippen MR) is 135 cm³/mol. The van der Waals surface area contributed by atoms with Crippen LogP contribution in [0.2, 0.25) is 0 Å². The quantitative estimate of drug-likeness (QED) is 0.575. The molecule has 8 heteroatoms. The molecule has 3 aromatic heterocycles. The molecule has 3 aromatic rings. The van der Waals surface area contributed by atoms with E-state index in [1.807, 2.05) is 30.3 Å². The van der Waals surface area contributed by atoms with E-state index in [0.717, 1.165) is 29.6 Å². The Hall–Kier alpha value is -3.54. The molecule has 0 spiro atoms. The molecule has 36 heavy (non-hydrogen) atoms. The SMILES string of the molecule is N#CC1(c2ccccn2)CCN(Cc2cc(C(=O)N[C@@H]3CCCC[C@H]3O)c(=O)n3ccccc23)CC1. The highest BCUT2D eigenvalue weighted by atomic mass is 16.3. The molecule has 8 nitrogen and oxygen atoms in total. The molecule has 1 amide bonds. The lowest BCUT2D eigenvalue weighted by Crippen LogP contribution is -2.46. The molecule has 0 bridgehead atoms. The lowest BCUT2D eigenvalue weighted by atomic mass is 9.76. The van der Waals surface area contributed by atoms with Crippen LogP contribution in [0.5, 0.6) is 0 Å². The van der Waals surface area contributed by atoms with Crippen molar-refractivity contribution in [2.45, 2.75) is 62.6 Å². The summed E-state index contributed by atoms with van der Waals surface area (Å²) in [5.41, 5.74) is 1.58. The van der Waals surface area contributed by atoms with Crippen molar-refractivity contribution < 1.29 is 9.90 Å². The number of hydrogen-bond acceptors (Lipinski definition) is 6. The molecule has 5 rings (SSSR count). The molecular weight excluding hydrogens is 454 g/mol. The number of aliphatic hydroxyl groups is 1. The number of nitrogens with zero attached hydrogens (tertiary/aromatic N) is 4. The van der Waals surface area contributed by atoms with Crippen molar-refractivity contribution in [2.75, 3.05) is 13.1 Å². The van der Waals surface area contributed by atoms with Crippen LogP contribution in [-0.4, -0.2) is 50.5 Å². The molecule has 0 unspecified atom stereocenters. The van der Waals surface area contributed by atoms with Gasteiger partial charge in [0.2, 0.25) is 0 Å². The van der Waals surface area contributed by atoms with Gasteiger partial charge in [0.25, 0.3) is 11.5 Å². The smallest absolute Gasteiger partial charge is 0.267 e. The standard InChI is InChI=1S/C28H31N5O3/c29-19-28(25-10-3-5-13-30-25)11-15-32(16-12-28)18-20-17-21(27(36)33-14-6-4-8-23(20)33)26(35)31-22-7-1-2-9-24(22)34/h3-6,8,10,13-14,17,22,24,34H,1-2,7,9,11-12,15-16,18H2,(H,31,35)/t22-,24-/m1/s1. The Kier molecular flexibility index (Phi) is 6.86. The number of rotatable bonds is 5. The molecule has 2 fully saturated rings. The highest BCUT2D eigenvalue weighted by Gasteiger charge is 2.37. The fraction of sp³-hybridized carbons (Fsp3) is 0.429. The van der Waals surface area contributed by atoms with Crippen LogP contribution in [0.3, 0.4) is 0 Å². The molecule has 0 radical (unpaired) electrons. The van der Waals surface area contributed by atoms with Crippen LogP contribution in [0.1, 0.15) is 60.1 Å². The Balaban J connectivity index is 1.39. The maximum absolute atomic E-state index is 13.2. The van der Waals surface area contributed by atoms with Crippen LogP contribution < -0.4 is 10.9 Å². The van der Waals surface area contributed by atoms with Crippen LogP contribution in [0.25, 0.3) is 5.52 Å². The number of pyridine rings is 3. The van der Waals surface area contributed by atoms with Crippen molar-refractivity contribution in [1.82, 2.24) is 19.6 Å². The number of carbonyl (C=O) groups is 1. The molecule has 0 aromatic carbocycles. The first-order chi connectivity index (χ1) is 17.5. The normalized spacial score (nSPS) is 22.1. The first kappa shape index (κ1) is 24.2. The maximum atomic E-state index is 13.2. The van der Waals surface area contributed by atoms with E-state index in [9.17, 15) is 20.0 Å². The summed E-state index contributed by atoms with van der Waals surface area (Å²) in [5.74, 6) is -0.442. The summed E-state index contributed by atoms with van der Waals surface area (Å²) in [5, 5.41) is 23.2. The predicted octanol–water partition coefficient (Wildman–Crippen LogP) is 2.79. The molecule has 1 aliphatic carbocycles. The largest absolute Gasteiger partial charge is 0.391 e. The second-order valence-corrected chi connectivity index (χ2v) is 9.96. The zero-order valence-corrected chi connectivity index (χ0v) is 20.3. The van der Waals surface area contributed by atoms with E-state index >= 15 is 0 Å². The van der Waals surface area contributed by atoms with Crippen LogP contribution in [0.15, 0.2) is 59.7 Å². The first-order valence-electron chi connectivity index (χ1n) is 12.7. The molecule has 186 valence electrons. The summed E-state index contributed by atoms with van der Waals surface area (Å²) in [6.07, 6.45) is 7.42. The van der Waals surface area contributed by atoms with Gasteiger partial charge in [-0.1, -0.05) is 25.0 Å². The van der Waals surface area contributed by atoms with E-state index in [-0.39, 0.29) is 17.2 Å². The number of likely N-dealkylation sites (tertiary alicyclic amines) is 1. The lowest BCUT2D eigenvalue weighted by molar-refractivity contribution is 0.0716. The highest BCUT2D eigenvalue weighted by Crippen LogP contribution is 2.34. The van der Waals surface area contributed by atoms with E-state index in [1.54, 1.807) is 24.5 Å². The molecule has 1 aliphatic heterocycles. The maximum Gasteiger partial charge on any atom is 0.267 e. The molecule has 1 saturated carbocycles. The number of nitriles is 1. The molecule has 2 N–H and O–H groups in total. The second-order valence-electron chi connectivity index (χ2n) is 9.96. The number of hydrogen-bond donors (Lipinski definition) is 2. The van der Waals surface area contributed by atoms with Gasteiger partial charge in [-0.25, -0.2) is 0 Å². The zero-order valence-electron chi connectivity index (χ0n) is 20.3. The fourth-order valence-electron chi connectivity index (χ4n) is 5.54. The van der Waals surface area contributed by atoms with Crippen LogP contribution in [-0.2, 0) is 12.0 Å². The lowest BCUT2D eigenvalue weighted by Gasteiger charge is -2.37. The van der Waals surface area contributed by atoms with Crippen molar-refractivity contribution in [3.05, 3.63) is 82.0 Å². The molecule has 4 heterocycles. The van der Waals surface area contributed by atoms with Crippen molar-refractivity contribution >= 4 is 11.4 Å². The molecule has 1 saturated heterocycles. The van der Waals surface area contributed by atoms with Gasteiger partial charge in [0.05, 0.1) is 29.4 Å². The Morgan fingerprint density at radius 1 is 1.17 bits per heavy atom. The highest BCUT2D eigenvalue weighted by molar-refractivity contribution is 5.94. The summed E-state index contributed by atoms with van der Waals surface area (Å²) >= 11 is 0. The number of aromatic nitrogens is 2. The Morgan fingerprint density at radius 2 is 1.94 bits per heavy atom. The van der Waals surface area contributed by atoms with Crippen molar-refractivity contribution in [2.24, 2.45) is 0 Å². The Bertz CT molecular complexity index is 1340. The van der Waals surface area contributed by atoms with E-state index < -0.39 is 17.4 Å². The number of nitrogens with one attached hydrogen (secondary N) is 1. The Morgan fingerprint density at radius 3 is 2.67 bits per heavy atom. The summed E-state index contributed by atoms with van der Waals surface area (Å²) in [6, 6.07) is 15.1. The number of aliphatic hydroxyl groups excluding tert-OH is 1. The van der Waals surface area contributed by atoms with Gasteiger partial charge in [-0.05, 0) is 61.6 Å². The first-order valence-corrected chi connectivity index (χ1v) is 12.7. The molecular formula is C28H31N5O3. The van der Waals surface area contributed by atoms with Crippen molar-refractivity contribution in [1.29, 1.82) is 5.26 Å². The topological polar surface area (TPSA) is 111 Å². The van der Waals surface area contributed by atoms with Crippen LogP contribution in [0, 0.1) is 11.3 Å². The minimum absolute atomic E-state index is 0.0864. The summed E-state index contributed by atoms with van der Waals surface area (Å²) < 4.78 is 1.53. The van der Waals surface area contributed by atoms with Gasteiger partial charge < -0.3 is 10.4 Å².